The smallest absolute Gasteiger partial charge is 0.223 e. The van der Waals surface area contributed by atoms with Gasteiger partial charge in [-0.1, -0.05) is 6.08 Å². The van der Waals surface area contributed by atoms with Gasteiger partial charge in [-0.05, 0) is 32.0 Å². The number of amides is 1. The lowest BCUT2D eigenvalue weighted by molar-refractivity contribution is -0.133. The highest BCUT2D eigenvalue weighted by molar-refractivity contribution is 7.94. The topological polar surface area (TPSA) is 75.5 Å². The molecule has 136 valence electrons. The molecule has 0 aliphatic carbocycles. The lowest BCUT2D eigenvalue weighted by atomic mass is 10.1. The fourth-order valence-electron chi connectivity index (χ4n) is 3.91. The molecule has 0 spiro atoms. The molecule has 1 fully saturated rings. The molecule has 1 amide bonds. The minimum atomic E-state index is -3.10. The van der Waals surface area contributed by atoms with E-state index in [1.165, 1.54) is 18.2 Å². The molecule has 0 unspecified atom stereocenters. The summed E-state index contributed by atoms with van der Waals surface area (Å²) in [6.45, 7) is 5.09. The van der Waals surface area contributed by atoms with Crippen LogP contribution in [-0.2, 0) is 34.3 Å². The van der Waals surface area contributed by atoms with Crippen LogP contribution < -0.4 is 0 Å². The van der Waals surface area contributed by atoms with E-state index in [0.29, 0.717) is 19.6 Å². The molecular weight excluding hydrogens is 340 g/mol. The summed E-state index contributed by atoms with van der Waals surface area (Å²) in [6, 6.07) is 2.11. The molecule has 0 bridgehead atoms. The van der Waals surface area contributed by atoms with Gasteiger partial charge < -0.3 is 4.90 Å². The second-order valence-corrected chi connectivity index (χ2v) is 9.20. The summed E-state index contributed by atoms with van der Waals surface area (Å²) in [5, 5.41) is 5.91. The van der Waals surface area contributed by atoms with E-state index in [-0.39, 0.29) is 24.0 Å². The number of sulfone groups is 1. The predicted octanol–water partition coefficient (Wildman–Crippen LogP) is 0.769. The number of nitrogens with zero attached hydrogens (tertiary/aromatic N) is 4. The first-order chi connectivity index (χ1) is 12.0. The first-order valence-corrected chi connectivity index (χ1v) is 10.7. The van der Waals surface area contributed by atoms with E-state index in [0.717, 1.165) is 31.0 Å². The highest BCUT2D eigenvalue weighted by atomic mass is 32.2. The molecule has 0 radical (unpaired) electrons. The largest absolute Gasteiger partial charge is 0.335 e. The number of allylic oxidation sites excluding steroid dienone is 1. The van der Waals surface area contributed by atoms with Crippen molar-refractivity contribution in [3.8, 4) is 0 Å². The van der Waals surface area contributed by atoms with Crippen molar-refractivity contribution >= 4 is 15.7 Å². The maximum atomic E-state index is 12.5. The van der Waals surface area contributed by atoms with Crippen LogP contribution >= 0.6 is 0 Å². The maximum Gasteiger partial charge on any atom is 0.223 e. The Balaban J connectivity index is 1.36. The van der Waals surface area contributed by atoms with Gasteiger partial charge in [-0.15, -0.1) is 0 Å². The lowest BCUT2D eigenvalue weighted by Crippen LogP contribution is -2.39. The molecule has 25 heavy (non-hydrogen) atoms. The van der Waals surface area contributed by atoms with Crippen LogP contribution in [0.2, 0.25) is 0 Å². The Morgan fingerprint density at radius 2 is 2.00 bits per heavy atom. The van der Waals surface area contributed by atoms with Crippen molar-refractivity contribution in [3.05, 3.63) is 28.9 Å². The minimum Gasteiger partial charge on any atom is -0.335 e. The van der Waals surface area contributed by atoms with E-state index in [1.807, 2.05) is 9.58 Å². The van der Waals surface area contributed by atoms with Crippen LogP contribution in [0.4, 0.5) is 0 Å². The van der Waals surface area contributed by atoms with Gasteiger partial charge in [-0.25, -0.2) is 8.42 Å². The Hall–Kier alpha value is -1.67. The van der Waals surface area contributed by atoms with Crippen molar-refractivity contribution < 1.29 is 13.2 Å². The Bertz CT molecular complexity index is 793. The third kappa shape index (κ3) is 3.79. The minimum absolute atomic E-state index is 0.0280. The lowest BCUT2D eigenvalue weighted by Gasteiger charge is -2.28. The van der Waals surface area contributed by atoms with Crippen LogP contribution in [0.3, 0.4) is 0 Å². The summed E-state index contributed by atoms with van der Waals surface area (Å²) >= 11 is 0. The zero-order valence-electron chi connectivity index (χ0n) is 14.3. The van der Waals surface area contributed by atoms with Gasteiger partial charge in [0.25, 0.3) is 0 Å². The zero-order chi connectivity index (χ0) is 17.4. The second-order valence-electron chi connectivity index (χ2n) is 7.27. The molecule has 0 aromatic carbocycles. The molecule has 0 N–H and O–H groups in total. The number of rotatable bonds is 4. The molecule has 1 atom stereocenters. The summed E-state index contributed by atoms with van der Waals surface area (Å²) in [5.41, 5.74) is 2.15. The number of carbonyl (C=O) groups excluding carboxylic acids is 1. The fourth-order valence-corrected chi connectivity index (χ4v) is 5.31. The molecule has 7 nitrogen and oxygen atoms in total. The van der Waals surface area contributed by atoms with Crippen molar-refractivity contribution in [1.82, 2.24) is 19.6 Å². The van der Waals surface area contributed by atoms with E-state index in [1.54, 1.807) is 6.08 Å². The van der Waals surface area contributed by atoms with Crippen molar-refractivity contribution in [2.24, 2.45) is 5.92 Å². The maximum absolute atomic E-state index is 12.5. The van der Waals surface area contributed by atoms with Crippen LogP contribution in [0, 0.1) is 5.92 Å². The van der Waals surface area contributed by atoms with E-state index >= 15 is 0 Å². The molecule has 8 heteroatoms. The normalized spacial score (nSPS) is 25.4. The van der Waals surface area contributed by atoms with Crippen molar-refractivity contribution in [2.75, 3.05) is 25.4 Å². The van der Waals surface area contributed by atoms with E-state index in [2.05, 4.69) is 16.1 Å². The van der Waals surface area contributed by atoms with Gasteiger partial charge in [0.05, 0.1) is 30.2 Å². The van der Waals surface area contributed by atoms with Crippen LogP contribution in [0.5, 0.6) is 0 Å². The first-order valence-electron chi connectivity index (χ1n) is 8.95. The second kappa shape index (κ2) is 6.57. The Morgan fingerprint density at radius 1 is 1.20 bits per heavy atom. The third-order valence-corrected chi connectivity index (χ3v) is 6.69. The van der Waals surface area contributed by atoms with Gasteiger partial charge in [0, 0.05) is 30.8 Å². The van der Waals surface area contributed by atoms with Gasteiger partial charge in [-0.2, -0.15) is 5.10 Å². The van der Waals surface area contributed by atoms with Gasteiger partial charge in [0.15, 0.2) is 9.84 Å². The van der Waals surface area contributed by atoms with E-state index < -0.39 is 9.84 Å². The van der Waals surface area contributed by atoms with Crippen LogP contribution in [0.1, 0.15) is 30.7 Å². The molecule has 3 aliphatic heterocycles. The third-order valence-electron chi connectivity index (χ3n) is 5.23. The van der Waals surface area contributed by atoms with Gasteiger partial charge in [0.2, 0.25) is 5.91 Å². The number of carbonyl (C=O) groups is 1. The van der Waals surface area contributed by atoms with Crippen molar-refractivity contribution in [3.63, 3.8) is 0 Å². The quantitative estimate of drug-likeness (QED) is 0.789. The number of aromatic nitrogens is 2. The van der Waals surface area contributed by atoms with Crippen molar-refractivity contribution in [1.29, 1.82) is 0 Å². The number of fused-ring (bicyclic) bond motifs is 1. The van der Waals surface area contributed by atoms with Crippen LogP contribution in [-0.4, -0.2) is 59.3 Å². The molecule has 0 saturated carbocycles. The SMILES string of the molecule is O=C(C[C@H]1C=CS(=O)(=O)C1)N1CCn2nc(CN3CCCC3)cc2C1. The predicted molar refractivity (Wildman–Crippen MR) is 93.2 cm³/mol. The number of hydrogen-bond acceptors (Lipinski definition) is 5. The van der Waals surface area contributed by atoms with Gasteiger partial charge in [-0.3, -0.25) is 14.4 Å². The van der Waals surface area contributed by atoms with Crippen LogP contribution in [0.15, 0.2) is 17.6 Å². The molecule has 4 heterocycles. The standard InChI is InChI=1S/C17H24N4O3S/c22-17(9-14-3-8-25(23,24)13-14)20-6-7-21-16(12-20)10-15(18-21)11-19-4-1-2-5-19/h3,8,10,14H,1-2,4-7,9,11-13H2/t14-/m1/s1. The van der Waals surface area contributed by atoms with Crippen molar-refractivity contribution in [2.45, 2.75) is 38.9 Å². The molecule has 4 rings (SSSR count). The Morgan fingerprint density at radius 3 is 2.72 bits per heavy atom. The Kier molecular flexibility index (Phi) is 4.41. The summed E-state index contributed by atoms with van der Waals surface area (Å²) in [4.78, 5) is 16.8. The number of hydrogen-bond donors (Lipinski definition) is 0. The highest BCUT2D eigenvalue weighted by Gasteiger charge is 2.28. The van der Waals surface area contributed by atoms with Gasteiger partial charge in [0.1, 0.15) is 0 Å². The summed E-state index contributed by atoms with van der Waals surface area (Å²) in [7, 11) is -3.10. The summed E-state index contributed by atoms with van der Waals surface area (Å²) < 4.78 is 25.0. The highest BCUT2D eigenvalue weighted by Crippen LogP contribution is 2.22. The van der Waals surface area contributed by atoms with E-state index in [9.17, 15) is 13.2 Å². The molecule has 3 aliphatic rings. The Labute approximate surface area is 148 Å². The summed E-state index contributed by atoms with van der Waals surface area (Å²) in [6.07, 6.45) is 4.45. The fraction of sp³-hybridized carbons (Fsp3) is 0.647. The van der Waals surface area contributed by atoms with Crippen LogP contribution in [0.25, 0.3) is 0 Å². The van der Waals surface area contributed by atoms with E-state index in [4.69, 9.17) is 0 Å². The molecular formula is C17H24N4O3S. The molecule has 1 aromatic heterocycles. The molecule has 1 aromatic rings. The molecule has 1 saturated heterocycles. The monoisotopic (exact) mass is 364 g/mol. The van der Waals surface area contributed by atoms with Gasteiger partial charge >= 0.3 is 0 Å². The average molecular weight is 364 g/mol. The zero-order valence-corrected chi connectivity index (χ0v) is 15.1. The first kappa shape index (κ1) is 16.8. The average Bonchev–Trinajstić information content (AvgIpc) is 3.27. The summed E-state index contributed by atoms with van der Waals surface area (Å²) in [5.74, 6) is -0.0971. The number of likely N-dealkylation sites (tertiary alicyclic amines) is 1.